The van der Waals surface area contributed by atoms with Crippen LogP contribution in [-0.2, 0) is 17.7 Å². The number of imidazole rings is 1. The molecule has 1 fully saturated rings. The fraction of sp³-hybridized carbons (Fsp3) is 0.458. The zero-order valence-electron chi connectivity index (χ0n) is 17.8. The van der Waals surface area contributed by atoms with Crippen molar-refractivity contribution in [2.24, 2.45) is 5.92 Å². The number of hydrogen-bond acceptors (Lipinski definition) is 5. The summed E-state index contributed by atoms with van der Waals surface area (Å²) in [6, 6.07) is 12.3. The van der Waals surface area contributed by atoms with Gasteiger partial charge in [-0.1, -0.05) is 18.2 Å². The SMILES string of the molecule is CC(C)(C)OC(=O)n1c(CN2CC[C@H]3CCc4cccnc4[C@@H]32)nc2ccccc21. The highest BCUT2D eigenvalue weighted by Gasteiger charge is 2.40. The molecule has 2 aliphatic rings. The molecule has 2 atom stereocenters. The Morgan fingerprint density at radius 1 is 1.17 bits per heavy atom. The average Bonchev–Trinajstić information content (AvgIpc) is 3.28. The first-order valence-electron chi connectivity index (χ1n) is 10.8. The van der Waals surface area contributed by atoms with E-state index < -0.39 is 5.60 Å². The van der Waals surface area contributed by atoms with Crippen molar-refractivity contribution in [3.05, 3.63) is 59.7 Å². The van der Waals surface area contributed by atoms with Crippen molar-refractivity contribution >= 4 is 17.1 Å². The molecule has 1 aliphatic heterocycles. The predicted molar refractivity (Wildman–Crippen MR) is 115 cm³/mol. The van der Waals surface area contributed by atoms with Crippen LogP contribution in [0.5, 0.6) is 0 Å². The van der Waals surface area contributed by atoms with E-state index in [2.05, 4.69) is 11.0 Å². The second-order valence-electron chi connectivity index (χ2n) is 9.38. The van der Waals surface area contributed by atoms with E-state index in [1.807, 2.05) is 57.3 Å². The third-order valence-corrected chi connectivity index (χ3v) is 6.17. The summed E-state index contributed by atoms with van der Waals surface area (Å²) in [5.41, 5.74) is 3.60. The number of pyridine rings is 1. The smallest absolute Gasteiger partial charge is 0.420 e. The molecule has 6 heteroatoms. The van der Waals surface area contributed by atoms with Crippen LogP contribution in [-0.4, -0.2) is 37.7 Å². The second kappa shape index (κ2) is 7.20. The summed E-state index contributed by atoms with van der Waals surface area (Å²) in [6.07, 6.45) is 4.99. The maximum Gasteiger partial charge on any atom is 0.420 e. The van der Waals surface area contributed by atoms with Crippen LogP contribution in [0, 0.1) is 5.92 Å². The van der Waals surface area contributed by atoms with Crippen LogP contribution in [0.15, 0.2) is 42.6 Å². The van der Waals surface area contributed by atoms with Crippen LogP contribution >= 0.6 is 0 Å². The number of benzene rings is 1. The first-order chi connectivity index (χ1) is 14.4. The minimum absolute atomic E-state index is 0.293. The third kappa shape index (κ3) is 3.39. The molecule has 0 radical (unpaired) electrons. The van der Waals surface area contributed by atoms with Gasteiger partial charge in [0.1, 0.15) is 11.4 Å². The highest BCUT2D eigenvalue weighted by atomic mass is 16.6. The van der Waals surface area contributed by atoms with Gasteiger partial charge in [0.05, 0.1) is 29.3 Å². The molecule has 1 aliphatic carbocycles. The minimum Gasteiger partial charge on any atom is -0.443 e. The summed E-state index contributed by atoms with van der Waals surface area (Å²) in [5.74, 6) is 1.35. The van der Waals surface area contributed by atoms with Gasteiger partial charge in [-0.2, -0.15) is 0 Å². The molecule has 3 heterocycles. The summed E-state index contributed by atoms with van der Waals surface area (Å²) < 4.78 is 7.36. The first kappa shape index (κ1) is 19.2. The number of ether oxygens (including phenoxy) is 1. The van der Waals surface area contributed by atoms with Crippen molar-refractivity contribution in [1.29, 1.82) is 0 Å². The largest absolute Gasteiger partial charge is 0.443 e. The molecule has 156 valence electrons. The lowest BCUT2D eigenvalue weighted by atomic mass is 9.83. The molecule has 5 rings (SSSR count). The fourth-order valence-electron chi connectivity index (χ4n) is 4.95. The van der Waals surface area contributed by atoms with Crippen LogP contribution < -0.4 is 0 Å². The van der Waals surface area contributed by atoms with Crippen molar-refractivity contribution in [3.8, 4) is 0 Å². The van der Waals surface area contributed by atoms with Crippen LogP contribution in [0.25, 0.3) is 11.0 Å². The summed E-state index contributed by atoms with van der Waals surface area (Å²) in [5, 5.41) is 0. The molecular weight excluding hydrogens is 376 g/mol. The topological polar surface area (TPSA) is 60.2 Å². The number of rotatable bonds is 2. The van der Waals surface area contributed by atoms with Crippen molar-refractivity contribution in [1.82, 2.24) is 19.4 Å². The maximum atomic E-state index is 13.1. The monoisotopic (exact) mass is 404 g/mol. The average molecular weight is 405 g/mol. The van der Waals surface area contributed by atoms with Crippen molar-refractivity contribution < 1.29 is 9.53 Å². The Kier molecular flexibility index (Phi) is 4.62. The highest BCUT2D eigenvalue weighted by molar-refractivity contribution is 5.87. The highest BCUT2D eigenvalue weighted by Crippen LogP contribution is 2.44. The van der Waals surface area contributed by atoms with E-state index in [0.717, 1.165) is 36.2 Å². The van der Waals surface area contributed by atoms with Gasteiger partial charge in [-0.15, -0.1) is 0 Å². The van der Waals surface area contributed by atoms with Gasteiger partial charge < -0.3 is 4.74 Å². The number of hydrogen-bond donors (Lipinski definition) is 0. The van der Waals surface area contributed by atoms with Crippen molar-refractivity contribution in [2.45, 2.75) is 58.2 Å². The Hall–Kier alpha value is -2.73. The van der Waals surface area contributed by atoms with Gasteiger partial charge in [-0.25, -0.2) is 14.3 Å². The zero-order valence-corrected chi connectivity index (χ0v) is 17.8. The third-order valence-electron chi connectivity index (χ3n) is 6.17. The van der Waals surface area contributed by atoms with Gasteiger partial charge in [0.15, 0.2) is 0 Å². The Morgan fingerprint density at radius 2 is 2.00 bits per heavy atom. The van der Waals surface area contributed by atoms with Gasteiger partial charge >= 0.3 is 6.09 Å². The fourth-order valence-corrected chi connectivity index (χ4v) is 4.95. The van der Waals surface area contributed by atoms with Crippen LogP contribution in [0.2, 0.25) is 0 Å². The zero-order chi connectivity index (χ0) is 20.9. The molecule has 0 bridgehead atoms. The van der Waals surface area contributed by atoms with E-state index in [-0.39, 0.29) is 6.09 Å². The number of likely N-dealkylation sites (tertiary alicyclic amines) is 1. The molecule has 0 unspecified atom stereocenters. The lowest BCUT2D eigenvalue weighted by Crippen LogP contribution is -2.32. The van der Waals surface area contributed by atoms with E-state index in [4.69, 9.17) is 14.7 Å². The van der Waals surface area contributed by atoms with E-state index in [0.29, 0.717) is 18.5 Å². The standard InChI is InChI=1S/C24H28N4O2/c1-24(2,3)30-23(29)28-19-9-5-4-8-18(19)26-20(28)15-27-14-12-17-11-10-16-7-6-13-25-21(16)22(17)27/h4-9,13,17,22H,10-12,14-15H2,1-3H3/t17-,22-/m1/s1. The van der Waals surface area contributed by atoms with Gasteiger partial charge in [-0.3, -0.25) is 9.88 Å². The van der Waals surface area contributed by atoms with Crippen molar-refractivity contribution in [3.63, 3.8) is 0 Å². The number of para-hydroxylation sites is 2. The molecule has 6 nitrogen and oxygen atoms in total. The first-order valence-corrected chi connectivity index (χ1v) is 10.8. The van der Waals surface area contributed by atoms with Gasteiger partial charge in [0.2, 0.25) is 0 Å². The lowest BCUT2D eigenvalue weighted by Gasteiger charge is -2.32. The molecule has 0 N–H and O–H groups in total. The molecule has 3 aromatic rings. The molecule has 30 heavy (non-hydrogen) atoms. The molecule has 2 aromatic heterocycles. The molecule has 0 amide bonds. The van der Waals surface area contributed by atoms with Crippen LogP contribution in [0.1, 0.15) is 56.7 Å². The van der Waals surface area contributed by atoms with E-state index in [1.165, 1.54) is 17.7 Å². The molecule has 0 saturated carbocycles. The van der Waals surface area contributed by atoms with Crippen LogP contribution in [0.3, 0.4) is 0 Å². The van der Waals surface area contributed by atoms with Gasteiger partial charge in [0.25, 0.3) is 0 Å². The predicted octanol–water partition coefficient (Wildman–Crippen LogP) is 4.72. The number of fused-ring (bicyclic) bond motifs is 4. The van der Waals surface area contributed by atoms with Crippen molar-refractivity contribution in [2.75, 3.05) is 6.54 Å². The maximum absolute atomic E-state index is 13.1. The Morgan fingerprint density at radius 3 is 2.83 bits per heavy atom. The van der Waals surface area contributed by atoms with E-state index in [9.17, 15) is 4.79 Å². The van der Waals surface area contributed by atoms with Gasteiger partial charge in [-0.05, 0) is 76.3 Å². The summed E-state index contributed by atoms with van der Waals surface area (Å²) in [7, 11) is 0. The number of carbonyl (C=O) groups is 1. The molecule has 1 aromatic carbocycles. The Balaban J connectivity index is 1.52. The van der Waals surface area contributed by atoms with E-state index >= 15 is 0 Å². The second-order valence-corrected chi connectivity index (χ2v) is 9.38. The minimum atomic E-state index is -0.565. The Labute approximate surface area is 176 Å². The molecular formula is C24H28N4O2. The summed E-state index contributed by atoms with van der Waals surface area (Å²) >= 11 is 0. The molecule has 0 spiro atoms. The summed E-state index contributed by atoms with van der Waals surface area (Å²) in [6.45, 7) is 7.26. The summed E-state index contributed by atoms with van der Waals surface area (Å²) in [4.78, 5) is 25.1. The Bertz CT molecular complexity index is 1100. The number of carbonyl (C=O) groups excluding carboxylic acids is 1. The van der Waals surface area contributed by atoms with Crippen LogP contribution in [0.4, 0.5) is 4.79 Å². The normalized spacial score (nSPS) is 21.4. The number of aromatic nitrogens is 3. The number of aryl methyl sites for hydroxylation is 1. The molecule has 1 saturated heterocycles. The quantitative estimate of drug-likeness (QED) is 0.618. The number of nitrogens with zero attached hydrogens (tertiary/aromatic N) is 4. The van der Waals surface area contributed by atoms with E-state index in [1.54, 1.807) is 4.57 Å². The lowest BCUT2D eigenvalue weighted by molar-refractivity contribution is 0.0533. The van der Waals surface area contributed by atoms with Gasteiger partial charge in [0, 0.05) is 6.20 Å².